The van der Waals surface area contributed by atoms with Crippen molar-refractivity contribution in [3.05, 3.63) is 76.5 Å². The van der Waals surface area contributed by atoms with Crippen LogP contribution in [0.3, 0.4) is 0 Å². The third kappa shape index (κ3) is 5.19. The molecule has 1 aromatic carbocycles. The zero-order chi connectivity index (χ0) is 17.3. The lowest BCUT2D eigenvalue weighted by molar-refractivity contribution is 0.687. The number of hydrogen-bond donors (Lipinski definition) is 2. The second kappa shape index (κ2) is 9.03. The molecule has 0 radical (unpaired) electrons. The maximum absolute atomic E-state index is 4.46. The molecule has 0 aliphatic carbocycles. The first-order valence-electron chi connectivity index (χ1n) is 8.36. The van der Waals surface area contributed by atoms with E-state index in [9.17, 15) is 0 Å². The molecule has 2 N–H and O–H groups in total. The summed E-state index contributed by atoms with van der Waals surface area (Å²) in [6.07, 6.45) is 4.85. The Morgan fingerprint density at radius 2 is 2.04 bits per heavy atom. The molecule has 0 atom stereocenters. The Balaban J connectivity index is 1.49. The summed E-state index contributed by atoms with van der Waals surface area (Å²) in [6.45, 7) is 2.32. The van der Waals surface area contributed by atoms with Gasteiger partial charge in [-0.3, -0.25) is 4.99 Å². The number of benzene rings is 1. The molecule has 0 amide bonds. The van der Waals surface area contributed by atoms with Crippen LogP contribution in [-0.2, 0) is 19.5 Å². The molecular formula is C19H23N5S. The van der Waals surface area contributed by atoms with Crippen molar-refractivity contribution in [2.75, 3.05) is 13.6 Å². The van der Waals surface area contributed by atoms with Gasteiger partial charge < -0.3 is 15.2 Å². The van der Waals surface area contributed by atoms with Gasteiger partial charge in [-0.15, -0.1) is 11.3 Å². The fourth-order valence-corrected chi connectivity index (χ4v) is 3.28. The minimum atomic E-state index is 0.637. The monoisotopic (exact) mass is 353 g/mol. The number of imidazole rings is 1. The van der Waals surface area contributed by atoms with E-state index in [1.165, 1.54) is 10.4 Å². The van der Waals surface area contributed by atoms with E-state index in [0.29, 0.717) is 6.54 Å². The highest BCUT2D eigenvalue weighted by Crippen LogP contribution is 2.08. The van der Waals surface area contributed by atoms with Gasteiger partial charge in [0.25, 0.3) is 0 Å². The first kappa shape index (κ1) is 17.2. The van der Waals surface area contributed by atoms with Crippen molar-refractivity contribution >= 4 is 17.3 Å². The second-order valence-corrected chi connectivity index (χ2v) is 6.67. The molecule has 2 heterocycles. The van der Waals surface area contributed by atoms with Crippen molar-refractivity contribution in [1.29, 1.82) is 0 Å². The predicted octanol–water partition coefficient (Wildman–Crippen LogP) is 2.90. The number of aromatic nitrogens is 2. The first-order valence-corrected chi connectivity index (χ1v) is 9.24. The number of aliphatic imine (C=N–C) groups is 1. The van der Waals surface area contributed by atoms with Crippen molar-refractivity contribution < 1.29 is 0 Å². The molecular weight excluding hydrogens is 330 g/mol. The molecule has 0 aliphatic rings. The number of guanidine groups is 1. The van der Waals surface area contributed by atoms with E-state index < -0.39 is 0 Å². The predicted molar refractivity (Wildman–Crippen MR) is 104 cm³/mol. The van der Waals surface area contributed by atoms with Crippen LogP contribution in [0.5, 0.6) is 0 Å². The Hall–Kier alpha value is -2.60. The lowest BCUT2D eigenvalue weighted by Gasteiger charge is -2.13. The number of nitrogens with one attached hydrogen (secondary N) is 2. The fraction of sp³-hybridized carbons (Fsp3) is 0.263. The van der Waals surface area contributed by atoms with E-state index in [1.54, 1.807) is 18.4 Å². The van der Waals surface area contributed by atoms with Gasteiger partial charge in [0.05, 0.1) is 6.54 Å². The van der Waals surface area contributed by atoms with Crippen LogP contribution >= 0.6 is 11.3 Å². The molecule has 0 spiro atoms. The van der Waals surface area contributed by atoms with Gasteiger partial charge in [-0.25, -0.2) is 4.98 Å². The summed E-state index contributed by atoms with van der Waals surface area (Å²) in [4.78, 5) is 10.1. The van der Waals surface area contributed by atoms with Crippen LogP contribution in [0.4, 0.5) is 0 Å². The van der Waals surface area contributed by atoms with Gasteiger partial charge in [0, 0.05) is 37.4 Å². The number of rotatable bonds is 7. The molecule has 2 aromatic heterocycles. The van der Waals surface area contributed by atoms with Crippen LogP contribution in [-0.4, -0.2) is 29.1 Å². The van der Waals surface area contributed by atoms with Gasteiger partial charge in [-0.2, -0.15) is 0 Å². The van der Waals surface area contributed by atoms with Crippen LogP contribution in [0, 0.1) is 0 Å². The minimum Gasteiger partial charge on any atom is -0.356 e. The third-order valence-electron chi connectivity index (χ3n) is 3.88. The highest BCUT2D eigenvalue weighted by atomic mass is 32.1. The molecule has 0 unspecified atom stereocenters. The lowest BCUT2D eigenvalue weighted by Crippen LogP contribution is -2.38. The van der Waals surface area contributed by atoms with Crippen molar-refractivity contribution in [3.8, 4) is 0 Å². The second-order valence-electron chi connectivity index (χ2n) is 5.64. The molecule has 0 saturated heterocycles. The maximum Gasteiger partial charge on any atom is 0.191 e. The summed E-state index contributed by atoms with van der Waals surface area (Å²) >= 11 is 1.78. The van der Waals surface area contributed by atoms with Crippen molar-refractivity contribution in [3.63, 3.8) is 0 Å². The van der Waals surface area contributed by atoms with Gasteiger partial charge in [-0.05, 0) is 23.4 Å². The summed E-state index contributed by atoms with van der Waals surface area (Å²) in [5, 5.41) is 8.79. The molecule has 3 aromatic rings. The lowest BCUT2D eigenvalue weighted by atomic mass is 10.2. The van der Waals surface area contributed by atoms with Crippen molar-refractivity contribution in [2.24, 2.45) is 4.99 Å². The zero-order valence-corrected chi connectivity index (χ0v) is 15.2. The topological polar surface area (TPSA) is 54.2 Å². The van der Waals surface area contributed by atoms with E-state index in [0.717, 1.165) is 31.3 Å². The molecule has 0 aliphatic heterocycles. The quantitative estimate of drug-likeness (QED) is 0.507. The van der Waals surface area contributed by atoms with Gasteiger partial charge in [0.15, 0.2) is 5.96 Å². The van der Waals surface area contributed by atoms with Crippen LogP contribution in [0.15, 0.2) is 65.2 Å². The van der Waals surface area contributed by atoms with E-state index in [4.69, 9.17) is 0 Å². The standard InChI is InChI=1S/C19H23N5S/c1-20-19(22-10-9-17-8-5-13-25-17)23-14-18-21-11-12-24(18)15-16-6-3-2-4-7-16/h2-8,11-13H,9-10,14-15H2,1H3,(H2,20,22,23). The average Bonchev–Trinajstić information content (AvgIpc) is 3.31. The van der Waals surface area contributed by atoms with E-state index >= 15 is 0 Å². The van der Waals surface area contributed by atoms with E-state index in [-0.39, 0.29) is 0 Å². The van der Waals surface area contributed by atoms with E-state index in [2.05, 4.69) is 67.0 Å². The highest BCUT2D eigenvalue weighted by molar-refractivity contribution is 7.09. The third-order valence-corrected chi connectivity index (χ3v) is 4.82. The molecule has 6 heteroatoms. The Morgan fingerprint density at radius 1 is 1.16 bits per heavy atom. The summed E-state index contributed by atoms with van der Waals surface area (Å²) in [5.41, 5.74) is 1.26. The average molecular weight is 353 g/mol. The normalized spacial score (nSPS) is 11.5. The molecule has 130 valence electrons. The SMILES string of the molecule is CN=C(NCCc1cccs1)NCc1nccn1Cc1ccccc1. The first-order chi connectivity index (χ1) is 12.3. The van der Waals surface area contributed by atoms with Crippen LogP contribution in [0.25, 0.3) is 0 Å². The van der Waals surface area contributed by atoms with Gasteiger partial charge in [0.2, 0.25) is 0 Å². The molecule has 0 bridgehead atoms. The van der Waals surface area contributed by atoms with E-state index in [1.807, 2.05) is 18.5 Å². The van der Waals surface area contributed by atoms with Crippen LogP contribution in [0.2, 0.25) is 0 Å². The molecule has 25 heavy (non-hydrogen) atoms. The van der Waals surface area contributed by atoms with Crippen molar-refractivity contribution in [1.82, 2.24) is 20.2 Å². The Kier molecular flexibility index (Phi) is 6.23. The number of nitrogens with zero attached hydrogens (tertiary/aromatic N) is 3. The Morgan fingerprint density at radius 3 is 2.80 bits per heavy atom. The maximum atomic E-state index is 4.46. The van der Waals surface area contributed by atoms with Crippen LogP contribution < -0.4 is 10.6 Å². The van der Waals surface area contributed by atoms with Gasteiger partial charge in [0.1, 0.15) is 5.82 Å². The summed E-state index contributed by atoms with van der Waals surface area (Å²) in [7, 11) is 1.79. The number of hydrogen-bond acceptors (Lipinski definition) is 3. The zero-order valence-electron chi connectivity index (χ0n) is 14.4. The van der Waals surface area contributed by atoms with Gasteiger partial charge >= 0.3 is 0 Å². The highest BCUT2D eigenvalue weighted by Gasteiger charge is 2.05. The molecule has 0 saturated carbocycles. The van der Waals surface area contributed by atoms with Crippen molar-refractivity contribution in [2.45, 2.75) is 19.5 Å². The largest absolute Gasteiger partial charge is 0.356 e. The smallest absolute Gasteiger partial charge is 0.191 e. The molecule has 5 nitrogen and oxygen atoms in total. The Bertz CT molecular complexity index is 777. The minimum absolute atomic E-state index is 0.637. The van der Waals surface area contributed by atoms with Crippen LogP contribution in [0.1, 0.15) is 16.3 Å². The molecule has 3 rings (SSSR count). The summed E-state index contributed by atoms with van der Waals surface area (Å²) < 4.78 is 2.15. The number of thiophene rings is 1. The summed E-state index contributed by atoms with van der Waals surface area (Å²) in [6, 6.07) is 14.6. The molecule has 0 fully saturated rings. The Labute approximate surface area is 152 Å². The fourth-order valence-electron chi connectivity index (χ4n) is 2.57. The van der Waals surface area contributed by atoms with Gasteiger partial charge in [-0.1, -0.05) is 36.4 Å². The summed E-state index contributed by atoms with van der Waals surface area (Å²) in [5.74, 6) is 1.79.